The molecule has 590 valence electrons. The SMILES string of the molecule is Brc1ccc2c(c1)c1ccc3c4cc(Br)ccc4n(-c4ccccc4)c3c1n2-c1ccccc1.Cl[Si](c1ccccc1)(c1ccccc1)c1ccccc1.c1ccc(-n2c3ccc([Si](c4ccccc4)(c4ccccc4)c4ccccc4)cc3c3ccc4c5cc([Si](c6ccccc6)(c6ccccc6)c6ccccc6)ccc5n(-c5ccccc5)c4c32)cc1. The molecule has 0 atom stereocenters. The maximum atomic E-state index is 7.25. The molecule has 124 heavy (non-hydrogen) atoms. The van der Waals surface area contributed by atoms with Gasteiger partial charge in [0.2, 0.25) is 7.38 Å². The Bertz CT molecular complexity index is 7080. The molecule has 0 spiro atoms. The lowest BCUT2D eigenvalue weighted by Crippen LogP contribution is -2.74. The van der Waals surface area contributed by atoms with Gasteiger partial charge in [0, 0.05) is 74.8 Å². The van der Waals surface area contributed by atoms with Crippen LogP contribution in [-0.2, 0) is 0 Å². The van der Waals surface area contributed by atoms with E-state index in [2.05, 4.69) is 523 Å². The fourth-order valence-corrected chi connectivity index (χ4v) is 34.0. The van der Waals surface area contributed by atoms with Crippen molar-refractivity contribution in [2.24, 2.45) is 0 Å². The minimum absolute atomic E-state index is 1.08. The van der Waals surface area contributed by atoms with Crippen molar-refractivity contribution in [3.63, 3.8) is 0 Å². The van der Waals surface area contributed by atoms with Crippen molar-refractivity contribution in [3.05, 3.63) is 500 Å². The van der Waals surface area contributed by atoms with E-state index in [1.54, 1.807) is 0 Å². The number of hydrogen-bond donors (Lipinski definition) is 0. The first kappa shape index (κ1) is 77.6. The van der Waals surface area contributed by atoms with Crippen LogP contribution in [0.4, 0.5) is 0 Å². The third-order valence-corrected chi connectivity index (χ3v) is 40.8. The number of halogens is 3. The van der Waals surface area contributed by atoms with Crippen LogP contribution >= 0.6 is 42.9 Å². The summed E-state index contributed by atoms with van der Waals surface area (Å²) in [4.78, 5) is 0. The number of rotatable bonds is 15. The Morgan fingerprint density at radius 3 is 0.548 bits per heavy atom. The van der Waals surface area contributed by atoms with Gasteiger partial charge in [-0.1, -0.05) is 426 Å². The van der Waals surface area contributed by atoms with E-state index in [9.17, 15) is 0 Å². The topological polar surface area (TPSA) is 19.7 Å². The molecule has 0 aliphatic heterocycles. The van der Waals surface area contributed by atoms with Gasteiger partial charge in [-0.25, -0.2) is 0 Å². The van der Waals surface area contributed by atoms with Crippen molar-refractivity contribution in [3.8, 4) is 22.7 Å². The molecule has 0 radical (unpaired) electrons. The van der Waals surface area contributed by atoms with Gasteiger partial charge in [-0.3, -0.25) is 0 Å². The molecular weight excluding hydrogens is 1700 g/mol. The first-order valence-electron chi connectivity index (χ1n) is 42.1. The first-order valence-corrected chi connectivity index (χ1v) is 50.7. The van der Waals surface area contributed by atoms with E-state index in [-0.39, 0.29) is 0 Å². The van der Waals surface area contributed by atoms with E-state index in [0.29, 0.717) is 0 Å². The van der Waals surface area contributed by atoms with Crippen molar-refractivity contribution in [1.82, 2.24) is 18.3 Å². The summed E-state index contributed by atoms with van der Waals surface area (Å²) in [6.07, 6.45) is 0. The molecule has 0 aliphatic carbocycles. The van der Waals surface area contributed by atoms with Crippen molar-refractivity contribution >= 4 is 211 Å². The molecular formula is C114H81Br2ClN4Si3. The van der Waals surface area contributed by atoms with Crippen LogP contribution in [0.5, 0.6) is 0 Å². The predicted molar refractivity (Wildman–Crippen MR) is 543 cm³/mol. The average Bonchev–Trinajstić information content (AvgIpc) is 1.53. The van der Waals surface area contributed by atoms with E-state index in [4.69, 9.17) is 11.1 Å². The fourth-order valence-electron chi connectivity index (χ4n) is 19.6. The van der Waals surface area contributed by atoms with Gasteiger partial charge in [0.25, 0.3) is 0 Å². The highest BCUT2D eigenvalue weighted by Gasteiger charge is 2.44. The highest BCUT2D eigenvalue weighted by molar-refractivity contribution is 9.10. The molecule has 0 N–H and O–H groups in total. The third kappa shape index (κ3) is 13.3. The molecule has 4 nitrogen and oxygen atoms in total. The van der Waals surface area contributed by atoms with Crippen LogP contribution in [-0.4, -0.2) is 41.8 Å². The Kier molecular flexibility index (Phi) is 20.8. The van der Waals surface area contributed by atoms with Gasteiger partial charge < -0.3 is 18.3 Å². The number of fused-ring (bicyclic) bond motifs is 14. The Morgan fingerprint density at radius 1 is 0.161 bits per heavy atom. The first-order chi connectivity index (χ1) is 61.3. The molecule has 0 aliphatic rings. The molecule has 0 saturated heterocycles. The molecule has 4 heterocycles. The van der Waals surface area contributed by atoms with Crippen LogP contribution in [0.1, 0.15) is 0 Å². The molecule has 19 aromatic carbocycles. The summed E-state index contributed by atoms with van der Waals surface area (Å²) in [6.45, 7) is 0. The molecule has 0 amide bonds. The summed E-state index contributed by atoms with van der Waals surface area (Å²) in [5, 5.41) is 24.5. The normalized spacial score (nSPS) is 11.8. The second-order valence-corrected chi connectivity index (χ2v) is 45.8. The zero-order valence-corrected chi connectivity index (χ0v) is 74.6. The van der Waals surface area contributed by atoms with E-state index in [1.165, 1.54) is 144 Å². The summed E-state index contributed by atoms with van der Waals surface area (Å²) < 4.78 is 12.0. The second kappa shape index (κ2) is 33.3. The van der Waals surface area contributed by atoms with Gasteiger partial charge >= 0.3 is 0 Å². The highest BCUT2D eigenvalue weighted by Crippen LogP contribution is 2.45. The predicted octanol–water partition coefficient (Wildman–Crippen LogP) is 22.9. The van der Waals surface area contributed by atoms with Crippen molar-refractivity contribution in [2.45, 2.75) is 0 Å². The average molecular weight is 1790 g/mol. The Morgan fingerprint density at radius 2 is 0.339 bits per heavy atom. The Labute approximate surface area is 745 Å². The number of para-hydroxylation sites is 4. The molecule has 0 saturated carbocycles. The van der Waals surface area contributed by atoms with Crippen molar-refractivity contribution < 1.29 is 0 Å². The summed E-state index contributed by atoms with van der Waals surface area (Å²) in [5.41, 5.74) is 14.2. The Hall–Kier alpha value is -13.7. The molecule has 23 aromatic rings. The summed E-state index contributed by atoms with van der Waals surface area (Å²) >= 11 is 14.7. The maximum Gasteiger partial charge on any atom is 0.247 e. The molecule has 23 rings (SSSR count). The molecule has 0 bridgehead atoms. The molecule has 10 heteroatoms. The van der Waals surface area contributed by atoms with Crippen molar-refractivity contribution in [1.29, 1.82) is 0 Å². The van der Waals surface area contributed by atoms with E-state index < -0.39 is 23.5 Å². The fraction of sp³-hybridized carbons (Fsp3) is 0. The van der Waals surface area contributed by atoms with Crippen LogP contribution in [0.2, 0.25) is 0 Å². The second-order valence-electron chi connectivity index (χ2n) is 31.6. The van der Waals surface area contributed by atoms with E-state index >= 15 is 0 Å². The van der Waals surface area contributed by atoms with E-state index in [1.807, 2.05) is 18.2 Å². The van der Waals surface area contributed by atoms with E-state index in [0.717, 1.165) is 31.7 Å². The number of aromatic nitrogens is 4. The van der Waals surface area contributed by atoms with Crippen LogP contribution < -0.4 is 57.1 Å². The van der Waals surface area contributed by atoms with Crippen LogP contribution in [0.3, 0.4) is 0 Å². The smallest absolute Gasteiger partial charge is 0.247 e. The standard InChI is InChI=1S/C66H48N2Si2.C30H18Br2N2.C18H15ClSi/c1-9-25-49(26-10-1)67-63-45-41-57(69(51-29-13-3-14-30-51,52-31-15-4-16-32-52)53-33-17-5-18-34-53)47-61(63)59-43-44-60-62-48-58(42-46-64(62)68(66(60)65(59)67)50-27-11-2-12-28-50)70(54-35-19-6-20-36-54,55-37-21-7-22-38-55)56-39-23-8-24-40-56;31-19-11-15-27-25(17-19)23-13-14-24-26-18-20(32)12-16-28(26)34(22-9-5-2-6-10-22)30(24)29(23)33(27)21-7-3-1-4-8-21;19-20(16-10-4-1-5-11-16,17-12-6-2-7-13-17)18-14-8-3-9-15-18/h1-48H;1-18H;1-15H. The lowest BCUT2D eigenvalue weighted by atomic mass is 10.1. The van der Waals surface area contributed by atoms with Gasteiger partial charge in [-0.15, -0.1) is 11.1 Å². The lowest BCUT2D eigenvalue weighted by molar-refractivity contribution is 1.15. The summed E-state index contributed by atoms with van der Waals surface area (Å²) in [5.74, 6) is 0. The Balaban J connectivity index is 0.000000142. The zero-order valence-electron chi connectivity index (χ0n) is 67.7. The number of nitrogens with zero attached hydrogens (tertiary/aromatic N) is 4. The van der Waals surface area contributed by atoms with Gasteiger partial charge in [0.1, 0.15) is 0 Å². The van der Waals surface area contributed by atoms with Crippen molar-refractivity contribution in [2.75, 3.05) is 0 Å². The molecule has 4 aromatic heterocycles. The lowest BCUT2D eigenvalue weighted by Gasteiger charge is -2.34. The number of hydrogen-bond acceptors (Lipinski definition) is 0. The van der Waals surface area contributed by atoms with Gasteiger partial charge in [-0.2, -0.15) is 0 Å². The molecule has 0 unspecified atom stereocenters. The van der Waals surface area contributed by atoms with Crippen LogP contribution in [0.25, 0.3) is 110 Å². The largest absolute Gasteiger partial charge is 0.307 e. The van der Waals surface area contributed by atoms with Gasteiger partial charge in [0.15, 0.2) is 16.1 Å². The quantitative estimate of drug-likeness (QED) is 0.0554. The van der Waals surface area contributed by atoms with Gasteiger partial charge in [-0.05, 0) is 154 Å². The maximum absolute atomic E-state index is 7.25. The summed E-state index contributed by atoms with van der Waals surface area (Å²) in [7, 11) is -8.08. The van der Waals surface area contributed by atoms with Gasteiger partial charge in [0.05, 0.1) is 44.1 Å². The minimum atomic E-state index is -2.84. The zero-order chi connectivity index (χ0) is 83.1. The summed E-state index contributed by atoms with van der Waals surface area (Å²) in [6, 6.07) is 179. The molecule has 0 fully saturated rings. The van der Waals surface area contributed by atoms with Crippen LogP contribution in [0.15, 0.2) is 500 Å². The minimum Gasteiger partial charge on any atom is -0.307 e. The highest BCUT2D eigenvalue weighted by atomic mass is 79.9. The monoisotopic (exact) mass is 1780 g/mol. The third-order valence-electron chi connectivity index (χ3n) is 24.9. The van der Waals surface area contributed by atoms with Crippen LogP contribution in [0, 0.1) is 0 Å². The number of benzene rings is 19.